The molecule has 2 atom stereocenters. The second kappa shape index (κ2) is 8.46. The molecule has 0 bridgehead atoms. The maximum Gasteiger partial charge on any atom is 0.481 e. The van der Waals surface area contributed by atoms with Gasteiger partial charge in [-0.25, -0.2) is 9.13 Å². The third-order valence-electron chi connectivity index (χ3n) is 1.79. The van der Waals surface area contributed by atoms with Crippen molar-refractivity contribution < 1.29 is 32.3 Å². The molecule has 0 aliphatic rings. The fourth-order valence-corrected chi connectivity index (χ4v) is 2.90. The summed E-state index contributed by atoms with van der Waals surface area (Å²) in [6.07, 6.45) is 0. The largest absolute Gasteiger partial charge is 0.481 e. The Morgan fingerprint density at radius 3 is 1.42 bits per heavy atom. The van der Waals surface area contributed by atoms with Crippen molar-refractivity contribution in [3.8, 4) is 0 Å². The van der Waals surface area contributed by atoms with Gasteiger partial charge in [-0.2, -0.15) is 4.31 Å². The van der Waals surface area contributed by atoms with Crippen molar-refractivity contribution in [2.24, 2.45) is 0 Å². The van der Waals surface area contributed by atoms with Gasteiger partial charge in [0.1, 0.15) is 0 Å². The lowest BCUT2D eigenvalue weighted by Gasteiger charge is -2.17. The molecule has 0 fully saturated rings. The first-order valence-electron chi connectivity index (χ1n) is 5.49. The van der Waals surface area contributed by atoms with E-state index in [0.717, 1.165) is 0 Å². The lowest BCUT2D eigenvalue weighted by atomic mass is 10.6. The Kier molecular flexibility index (Phi) is 8.54. The predicted octanol–water partition coefficient (Wildman–Crippen LogP) is 0.360. The second-order valence-corrected chi connectivity index (χ2v) is 7.34. The van der Waals surface area contributed by atoms with E-state index >= 15 is 0 Å². The first-order valence-corrected chi connectivity index (χ1v) is 8.48. The fraction of sp³-hybridized carbons (Fsp3) is 1.00. The van der Waals surface area contributed by atoms with Gasteiger partial charge in [0, 0.05) is 13.1 Å². The number of phosphoric ester groups is 2. The Morgan fingerprint density at radius 1 is 0.842 bits per heavy atom. The van der Waals surface area contributed by atoms with Crippen LogP contribution in [0.3, 0.4) is 0 Å². The van der Waals surface area contributed by atoms with Crippen LogP contribution in [0.1, 0.15) is 0 Å². The number of likely N-dealkylation sites (N-methyl/N-ethyl adjacent to an activating group) is 2. The maximum atomic E-state index is 11.4. The highest BCUT2D eigenvalue weighted by Gasteiger charge is 2.35. The Balaban J connectivity index is 4.15. The maximum absolute atomic E-state index is 11.4. The van der Waals surface area contributed by atoms with Gasteiger partial charge in [-0.3, -0.25) is 9.05 Å². The predicted molar refractivity (Wildman–Crippen MR) is 69.7 cm³/mol. The van der Waals surface area contributed by atoms with Crippen molar-refractivity contribution in [2.45, 2.75) is 0 Å². The summed E-state index contributed by atoms with van der Waals surface area (Å²) in [7, 11) is -2.25. The Morgan fingerprint density at radius 2 is 1.16 bits per heavy atom. The highest BCUT2D eigenvalue weighted by Crippen LogP contribution is 2.60. The van der Waals surface area contributed by atoms with Crippen molar-refractivity contribution >= 4 is 15.6 Å². The quantitative estimate of drug-likeness (QED) is 0.551. The molecule has 0 rings (SSSR count). The zero-order chi connectivity index (χ0) is 15.1. The van der Waals surface area contributed by atoms with E-state index < -0.39 is 15.6 Å². The zero-order valence-electron chi connectivity index (χ0n) is 11.6. The van der Waals surface area contributed by atoms with E-state index in [1.54, 1.807) is 38.0 Å². The first kappa shape index (κ1) is 19.2. The van der Waals surface area contributed by atoms with Crippen molar-refractivity contribution in [3.05, 3.63) is 0 Å². The first-order chi connectivity index (χ1) is 8.54. The number of rotatable bonds is 10. The number of nitrogens with zero attached hydrogens (tertiary/aromatic N) is 2. The molecule has 0 aromatic carbocycles. The van der Waals surface area contributed by atoms with Crippen LogP contribution in [0.4, 0.5) is 0 Å². The molecule has 0 aliphatic carbocycles. The molecular formula is C8H22N2O7P2. The van der Waals surface area contributed by atoms with Crippen LogP contribution in [0.2, 0.25) is 0 Å². The Hall–Kier alpha value is 0.180. The SMILES string of the molecule is CN(C)CCOP(=O)(O)OP(=O)(O)OCCN(C)C. The van der Waals surface area contributed by atoms with Crippen molar-refractivity contribution in [1.82, 2.24) is 9.80 Å². The van der Waals surface area contributed by atoms with Crippen LogP contribution in [0.15, 0.2) is 0 Å². The minimum Gasteiger partial charge on any atom is -0.307 e. The van der Waals surface area contributed by atoms with Gasteiger partial charge in [-0.1, -0.05) is 0 Å². The van der Waals surface area contributed by atoms with E-state index in [-0.39, 0.29) is 13.2 Å². The normalized spacial score (nSPS) is 18.5. The van der Waals surface area contributed by atoms with E-state index in [1.807, 2.05) is 0 Å². The van der Waals surface area contributed by atoms with Gasteiger partial charge in [0.15, 0.2) is 0 Å². The minimum atomic E-state index is -4.61. The lowest BCUT2D eigenvalue weighted by molar-refractivity contribution is 0.143. The van der Waals surface area contributed by atoms with E-state index in [9.17, 15) is 18.9 Å². The summed E-state index contributed by atoms with van der Waals surface area (Å²) in [5.74, 6) is 0. The molecule has 0 aromatic rings. The molecule has 0 saturated heterocycles. The summed E-state index contributed by atoms with van der Waals surface area (Å²) in [4.78, 5) is 21.9. The average molecular weight is 320 g/mol. The molecule has 0 radical (unpaired) electrons. The van der Waals surface area contributed by atoms with Crippen molar-refractivity contribution in [2.75, 3.05) is 54.5 Å². The van der Waals surface area contributed by atoms with E-state index in [0.29, 0.717) is 13.1 Å². The summed E-state index contributed by atoms with van der Waals surface area (Å²) in [6.45, 7) is 0.507. The van der Waals surface area contributed by atoms with Crippen LogP contribution in [-0.4, -0.2) is 74.1 Å². The molecular weight excluding hydrogens is 298 g/mol. The molecule has 9 nitrogen and oxygen atoms in total. The topological polar surface area (TPSA) is 109 Å². The molecule has 19 heavy (non-hydrogen) atoms. The van der Waals surface area contributed by atoms with Crippen LogP contribution in [0.5, 0.6) is 0 Å². The monoisotopic (exact) mass is 320 g/mol. The number of hydrogen-bond donors (Lipinski definition) is 2. The summed E-state index contributed by atoms with van der Waals surface area (Å²) in [6, 6.07) is 0. The van der Waals surface area contributed by atoms with Gasteiger partial charge in [-0.05, 0) is 28.2 Å². The van der Waals surface area contributed by atoms with Gasteiger partial charge < -0.3 is 19.6 Å². The Labute approximate surface area is 113 Å². The smallest absolute Gasteiger partial charge is 0.307 e. The fourth-order valence-electron chi connectivity index (χ4n) is 0.855. The van der Waals surface area contributed by atoms with Crippen molar-refractivity contribution in [1.29, 1.82) is 0 Å². The van der Waals surface area contributed by atoms with Gasteiger partial charge in [0.05, 0.1) is 13.2 Å². The lowest BCUT2D eigenvalue weighted by Crippen LogP contribution is -2.18. The third kappa shape index (κ3) is 11.7. The second-order valence-electron chi connectivity index (χ2n) is 4.29. The van der Waals surface area contributed by atoms with Gasteiger partial charge in [-0.15, -0.1) is 0 Å². The summed E-state index contributed by atoms with van der Waals surface area (Å²) in [5, 5.41) is 0. The van der Waals surface area contributed by atoms with Gasteiger partial charge in [0.25, 0.3) is 0 Å². The third-order valence-corrected chi connectivity index (χ3v) is 4.46. The van der Waals surface area contributed by atoms with Crippen LogP contribution in [0.25, 0.3) is 0 Å². The molecule has 0 spiro atoms. The number of phosphoric acid groups is 2. The summed E-state index contributed by atoms with van der Waals surface area (Å²) in [5.41, 5.74) is 0. The average Bonchev–Trinajstić information content (AvgIpc) is 2.12. The van der Waals surface area contributed by atoms with Crippen LogP contribution >= 0.6 is 15.6 Å². The van der Waals surface area contributed by atoms with E-state index in [1.165, 1.54) is 0 Å². The molecule has 2 unspecified atom stereocenters. The molecule has 0 aromatic heterocycles. The Bertz CT molecular complexity index is 318. The summed E-state index contributed by atoms with van der Waals surface area (Å²) < 4.78 is 35.9. The van der Waals surface area contributed by atoms with Gasteiger partial charge >= 0.3 is 15.6 Å². The number of hydrogen-bond acceptors (Lipinski definition) is 7. The highest BCUT2D eigenvalue weighted by molar-refractivity contribution is 7.61. The molecule has 0 aliphatic heterocycles. The molecule has 2 N–H and O–H groups in total. The minimum absolute atomic E-state index is 0.113. The van der Waals surface area contributed by atoms with E-state index in [4.69, 9.17) is 0 Å². The molecule has 0 heterocycles. The molecule has 0 saturated carbocycles. The highest BCUT2D eigenvalue weighted by atomic mass is 31.3. The standard InChI is InChI=1S/C8H22N2O7P2/c1-9(2)5-7-15-18(11,12)17-19(13,14)16-8-6-10(3)4/h5-8H2,1-4H3,(H,11,12)(H,13,14). The van der Waals surface area contributed by atoms with E-state index in [2.05, 4.69) is 13.4 Å². The van der Waals surface area contributed by atoms with Crippen LogP contribution < -0.4 is 0 Å². The molecule has 116 valence electrons. The van der Waals surface area contributed by atoms with Crippen LogP contribution in [0, 0.1) is 0 Å². The van der Waals surface area contributed by atoms with Gasteiger partial charge in [0.2, 0.25) is 0 Å². The van der Waals surface area contributed by atoms with Crippen molar-refractivity contribution in [3.63, 3.8) is 0 Å². The molecule has 11 heteroatoms. The molecule has 0 amide bonds. The zero-order valence-corrected chi connectivity index (χ0v) is 13.3. The summed E-state index contributed by atoms with van der Waals surface area (Å²) >= 11 is 0. The van der Waals surface area contributed by atoms with Crippen LogP contribution in [-0.2, 0) is 22.5 Å².